The van der Waals surface area contributed by atoms with Gasteiger partial charge in [-0.3, -0.25) is 29.4 Å². The number of para-hydroxylation sites is 1. The number of fused-ring (bicyclic) bond motifs is 2. The predicted octanol–water partition coefficient (Wildman–Crippen LogP) is 6.93. The Morgan fingerprint density at radius 1 is 1.00 bits per heavy atom. The average molecular weight is 642 g/mol. The second-order valence-electron chi connectivity index (χ2n) is 10.5. The number of amidine groups is 1. The summed E-state index contributed by atoms with van der Waals surface area (Å²) in [6, 6.07) is 19.3. The molecule has 1 saturated carbocycles. The fraction of sp³-hybridized carbons (Fsp3) is 0.194. The first kappa shape index (κ1) is 28.4. The van der Waals surface area contributed by atoms with Crippen LogP contribution in [-0.2, 0) is 14.4 Å². The Morgan fingerprint density at radius 2 is 1.75 bits per heavy atom. The standard InChI is InChI=1S/C31H23N5O5S3/c37-27-26(42-30(34-27)32-18-6-2-1-3-7-18)15-17-10-13-24(23(14-17)36(40)41)43-31-33-22-12-11-19(16-25(22)44-31)35-28(38)20-8-4-5-9-21(20)29(35)39/h1-3,6-7,10-16,20-21H,4-5,8-9H2,(H,32,34,37)/b26-15-/t20-,21-/m0/s1. The molecule has 3 heterocycles. The Kier molecular flexibility index (Phi) is 7.52. The Morgan fingerprint density at radius 3 is 2.48 bits per heavy atom. The van der Waals surface area contributed by atoms with E-state index in [1.807, 2.05) is 30.3 Å². The summed E-state index contributed by atoms with van der Waals surface area (Å²) in [4.78, 5) is 61.4. The molecule has 1 aliphatic carbocycles. The number of nitrogens with zero attached hydrogens (tertiary/aromatic N) is 4. The van der Waals surface area contributed by atoms with E-state index in [-0.39, 0.29) is 35.2 Å². The van der Waals surface area contributed by atoms with Gasteiger partial charge in [0.25, 0.3) is 11.6 Å². The summed E-state index contributed by atoms with van der Waals surface area (Å²) in [7, 11) is 0. The number of thiazole rings is 1. The second-order valence-corrected chi connectivity index (χ2v) is 13.9. The monoisotopic (exact) mass is 641 g/mol. The molecular formula is C31H23N5O5S3. The number of hydrogen-bond acceptors (Lipinski definition) is 10. The zero-order valence-corrected chi connectivity index (χ0v) is 25.4. The molecule has 2 aliphatic heterocycles. The van der Waals surface area contributed by atoms with Crippen LogP contribution in [0.3, 0.4) is 0 Å². The van der Waals surface area contributed by atoms with E-state index in [1.54, 1.807) is 36.4 Å². The third-order valence-corrected chi connectivity index (χ3v) is 10.8. The number of benzene rings is 3. The molecule has 0 spiro atoms. The summed E-state index contributed by atoms with van der Waals surface area (Å²) in [5, 5.41) is 15.2. The van der Waals surface area contributed by atoms with Crippen molar-refractivity contribution in [2.45, 2.75) is 34.9 Å². The predicted molar refractivity (Wildman–Crippen MR) is 172 cm³/mol. The fourth-order valence-electron chi connectivity index (χ4n) is 5.69. The number of nitro benzene ring substituents is 1. The van der Waals surface area contributed by atoms with Gasteiger partial charge in [-0.25, -0.2) is 9.98 Å². The molecule has 3 amide bonds. The van der Waals surface area contributed by atoms with Gasteiger partial charge in [-0.1, -0.05) is 48.9 Å². The molecule has 1 N–H and O–H groups in total. The number of amides is 3. The Labute approximate surface area is 263 Å². The number of carbonyl (C=O) groups is 3. The Balaban J connectivity index is 1.12. The first-order valence-corrected chi connectivity index (χ1v) is 16.4. The number of nitrogens with one attached hydrogen (secondary N) is 1. The van der Waals surface area contributed by atoms with Crippen LogP contribution in [0.1, 0.15) is 31.2 Å². The van der Waals surface area contributed by atoms with E-state index >= 15 is 0 Å². The van der Waals surface area contributed by atoms with E-state index < -0.39 is 4.92 Å². The van der Waals surface area contributed by atoms with Gasteiger partial charge in [0.15, 0.2) is 9.51 Å². The Bertz CT molecular complexity index is 1900. The maximum absolute atomic E-state index is 13.1. The molecule has 220 valence electrons. The van der Waals surface area contributed by atoms with Gasteiger partial charge in [0, 0.05) is 6.07 Å². The smallest absolute Gasteiger partial charge is 0.283 e. The molecule has 10 nitrogen and oxygen atoms in total. The van der Waals surface area contributed by atoms with Crippen molar-refractivity contribution in [1.29, 1.82) is 0 Å². The van der Waals surface area contributed by atoms with Crippen LogP contribution in [0.15, 0.2) is 85.9 Å². The van der Waals surface area contributed by atoms with Crippen LogP contribution >= 0.6 is 34.9 Å². The number of aliphatic imine (C=N–C) groups is 1. The SMILES string of the molecule is O=C1NC(=Nc2ccccc2)S/C1=C\c1ccc(Sc2nc3ccc(N4C(=O)[C@H]5CCCC[C@@H]5C4=O)cc3s2)c([N+](=O)[O-])c1. The van der Waals surface area contributed by atoms with Gasteiger partial charge < -0.3 is 5.32 Å². The minimum absolute atomic E-state index is 0.109. The van der Waals surface area contributed by atoms with Gasteiger partial charge in [-0.2, -0.15) is 0 Å². The zero-order chi connectivity index (χ0) is 30.4. The van der Waals surface area contributed by atoms with Crippen LogP contribution in [0.4, 0.5) is 17.1 Å². The van der Waals surface area contributed by atoms with Gasteiger partial charge >= 0.3 is 0 Å². The van der Waals surface area contributed by atoms with Crippen LogP contribution in [0.25, 0.3) is 16.3 Å². The van der Waals surface area contributed by atoms with Gasteiger partial charge in [-0.15, -0.1) is 11.3 Å². The van der Waals surface area contributed by atoms with Crippen molar-refractivity contribution in [1.82, 2.24) is 10.3 Å². The number of nitro groups is 1. The molecule has 1 aromatic heterocycles. The van der Waals surface area contributed by atoms with E-state index in [2.05, 4.69) is 15.3 Å². The molecule has 4 aromatic rings. The summed E-state index contributed by atoms with van der Waals surface area (Å²) in [6.07, 6.45) is 5.03. The largest absolute Gasteiger partial charge is 0.300 e. The van der Waals surface area contributed by atoms with Crippen molar-refractivity contribution >= 4 is 91.1 Å². The fourth-order valence-corrected chi connectivity index (χ4v) is 8.67. The molecule has 2 atom stereocenters. The van der Waals surface area contributed by atoms with Crippen molar-refractivity contribution in [3.63, 3.8) is 0 Å². The molecule has 0 bridgehead atoms. The summed E-state index contributed by atoms with van der Waals surface area (Å²) in [6.45, 7) is 0. The topological polar surface area (TPSA) is 135 Å². The van der Waals surface area contributed by atoms with Gasteiger partial charge in [-0.05, 0) is 72.6 Å². The van der Waals surface area contributed by atoms with Crippen LogP contribution < -0.4 is 10.2 Å². The van der Waals surface area contributed by atoms with Crippen LogP contribution in [0.5, 0.6) is 0 Å². The molecule has 3 fully saturated rings. The highest BCUT2D eigenvalue weighted by Crippen LogP contribution is 2.43. The van der Waals surface area contributed by atoms with Gasteiger partial charge in [0.05, 0.1) is 48.2 Å². The lowest BCUT2D eigenvalue weighted by Crippen LogP contribution is -2.30. The molecule has 44 heavy (non-hydrogen) atoms. The first-order valence-electron chi connectivity index (χ1n) is 13.9. The van der Waals surface area contributed by atoms with Crippen LogP contribution in [-0.4, -0.2) is 32.8 Å². The van der Waals surface area contributed by atoms with Gasteiger partial charge in [0.2, 0.25) is 11.8 Å². The molecule has 13 heteroatoms. The lowest BCUT2D eigenvalue weighted by molar-refractivity contribution is -0.387. The van der Waals surface area contributed by atoms with Crippen LogP contribution in [0.2, 0.25) is 0 Å². The van der Waals surface area contributed by atoms with E-state index in [9.17, 15) is 24.5 Å². The van der Waals surface area contributed by atoms with E-state index in [0.717, 1.165) is 30.4 Å². The second kappa shape index (κ2) is 11.6. The number of anilines is 1. The third-order valence-electron chi connectivity index (χ3n) is 7.76. The van der Waals surface area contributed by atoms with Crippen molar-refractivity contribution < 1.29 is 19.3 Å². The third kappa shape index (κ3) is 5.42. The average Bonchev–Trinajstić information content (AvgIpc) is 3.66. The summed E-state index contributed by atoms with van der Waals surface area (Å²) >= 11 is 3.68. The summed E-state index contributed by atoms with van der Waals surface area (Å²) < 4.78 is 1.37. The number of hydrogen-bond donors (Lipinski definition) is 1. The number of carbonyl (C=O) groups excluding carboxylic acids is 3. The minimum atomic E-state index is -0.454. The van der Waals surface area contributed by atoms with Crippen molar-refractivity contribution in [3.8, 4) is 0 Å². The molecule has 2 saturated heterocycles. The quantitative estimate of drug-likeness (QED) is 0.104. The maximum Gasteiger partial charge on any atom is 0.283 e. The highest BCUT2D eigenvalue weighted by molar-refractivity contribution is 8.18. The normalized spacial score (nSPS) is 21.8. The molecule has 3 aliphatic rings. The number of aromatic nitrogens is 1. The van der Waals surface area contributed by atoms with Crippen molar-refractivity contribution in [2.75, 3.05) is 4.90 Å². The van der Waals surface area contributed by atoms with Gasteiger partial charge in [0.1, 0.15) is 0 Å². The summed E-state index contributed by atoms with van der Waals surface area (Å²) in [5.74, 6) is -1.04. The molecular weight excluding hydrogens is 619 g/mol. The van der Waals surface area contributed by atoms with E-state index in [4.69, 9.17) is 0 Å². The van der Waals surface area contributed by atoms with E-state index in [0.29, 0.717) is 41.8 Å². The van der Waals surface area contributed by atoms with Crippen molar-refractivity contribution in [2.24, 2.45) is 16.8 Å². The number of rotatable bonds is 6. The molecule has 0 unspecified atom stereocenters. The molecule has 3 aromatic carbocycles. The lowest BCUT2D eigenvalue weighted by Gasteiger charge is -2.19. The zero-order valence-electron chi connectivity index (χ0n) is 23.0. The number of imide groups is 1. The van der Waals surface area contributed by atoms with Crippen molar-refractivity contribution in [3.05, 3.63) is 87.3 Å². The molecule has 0 radical (unpaired) electrons. The lowest BCUT2D eigenvalue weighted by atomic mass is 9.81. The highest BCUT2D eigenvalue weighted by Gasteiger charge is 2.48. The maximum atomic E-state index is 13.1. The number of thioether (sulfide) groups is 1. The highest BCUT2D eigenvalue weighted by atomic mass is 32.2. The molecule has 7 rings (SSSR count). The Hall–Kier alpha value is -4.33. The van der Waals surface area contributed by atoms with Crippen LogP contribution in [0, 0.1) is 22.0 Å². The summed E-state index contributed by atoms with van der Waals surface area (Å²) in [5.41, 5.74) is 2.32. The van der Waals surface area contributed by atoms with E-state index in [1.165, 1.54) is 45.8 Å². The first-order chi connectivity index (χ1) is 21.3. The minimum Gasteiger partial charge on any atom is -0.300 e.